The lowest BCUT2D eigenvalue weighted by Crippen LogP contribution is -2.07. The van der Waals surface area contributed by atoms with Crippen LogP contribution in [0.2, 0.25) is 5.02 Å². The molecule has 4 rings (SSSR count). The molecular weight excluding hydrogens is 299 g/mol. The lowest BCUT2D eigenvalue weighted by atomic mass is 9.85. The van der Waals surface area contributed by atoms with Crippen LogP contribution in [0.4, 0.5) is 0 Å². The van der Waals surface area contributed by atoms with E-state index in [1.165, 1.54) is 5.39 Å². The van der Waals surface area contributed by atoms with Crippen LogP contribution in [0.1, 0.15) is 21.9 Å². The summed E-state index contributed by atoms with van der Waals surface area (Å²) in [5.74, 6) is 0. The Labute approximate surface area is 125 Å². The molecule has 3 aromatic carbocycles. The zero-order chi connectivity index (χ0) is 13.1. The van der Waals surface area contributed by atoms with E-state index >= 15 is 0 Å². The fourth-order valence-electron chi connectivity index (χ4n) is 3.04. The minimum atomic E-state index is -0.220. The number of alkyl halides is 2. The van der Waals surface area contributed by atoms with Crippen molar-refractivity contribution >= 4 is 56.3 Å². The van der Waals surface area contributed by atoms with Crippen LogP contribution in [0.25, 0.3) is 21.5 Å². The summed E-state index contributed by atoms with van der Waals surface area (Å²) in [6, 6.07) is 14.2. The highest BCUT2D eigenvalue weighted by atomic mass is 35.5. The van der Waals surface area contributed by atoms with Crippen LogP contribution in [0.3, 0.4) is 0 Å². The molecule has 1 aliphatic rings. The van der Waals surface area contributed by atoms with Crippen molar-refractivity contribution in [3.8, 4) is 0 Å². The van der Waals surface area contributed by atoms with Gasteiger partial charge < -0.3 is 0 Å². The second-order valence-electron chi connectivity index (χ2n) is 4.88. The maximum Gasteiger partial charge on any atom is 0.0796 e. The van der Waals surface area contributed by atoms with Gasteiger partial charge in [-0.2, -0.15) is 0 Å². The molecule has 0 radical (unpaired) electrons. The molecule has 0 bridgehead atoms. The number of halogens is 3. The fraction of sp³-hybridized carbons (Fsp3) is 0.125. The van der Waals surface area contributed by atoms with Crippen molar-refractivity contribution in [2.45, 2.75) is 10.8 Å². The highest BCUT2D eigenvalue weighted by Gasteiger charge is 2.30. The Kier molecular flexibility index (Phi) is 2.51. The molecule has 3 heteroatoms. The Morgan fingerprint density at radius 1 is 0.789 bits per heavy atom. The molecule has 0 aliphatic heterocycles. The van der Waals surface area contributed by atoms with Crippen LogP contribution >= 0.6 is 34.8 Å². The average molecular weight is 308 g/mol. The van der Waals surface area contributed by atoms with Crippen molar-refractivity contribution in [2.24, 2.45) is 0 Å². The summed E-state index contributed by atoms with van der Waals surface area (Å²) >= 11 is 19.4. The minimum absolute atomic E-state index is 0.204. The molecular formula is C16H9Cl3. The van der Waals surface area contributed by atoms with Gasteiger partial charge in [-0.3, -0.25) is 0 Å². The molecule has 2 atom stereocenters. The Bertz CT molecular complexity index is 823. The SMILES string of the molecule is Clc1cc2cccc3c2c2c(cccc12)C(Cl)C3Cl. The second kappa shape index (κ2) is 4.02. The van der Waals surface area contributed by atoms with Gasteiger partial charge in [-0.1, -0.05) is 48.0 Å². The normalized spacial score (nSPS) is 21.4. The molecule has 0 heterocycles. The van der Waals surface area contributed by atoms with Crippen molar-refractivity contribution in [3.05, 3.63) is 58.6 Å². The van der Waals surface area contributed by atoms with Crippen molar-refractivity contribution in [2.75, 3.05) is 0 Å². The zero-order valence-corrected chi connectivity index (χ0v) is 12.1. The first-order valence-corrected chi connectivity index (χ1v) is 7.35. The molecule has 3 aromatic rings. The summed E-state index contributed by atoms with van der Waals surface area (Å²) in [5, 5.41) is 4.85. The summed E-state index contributed by atoms with van der Waals surface area (Å²) in [6.45, 7) is 0. The Morgan fingerprint density at radius 3 is 2.16 bits per heavy atom. The number of benzene rings is 3. The van der Waals surface area contributed by atoms with Gasteiger partial charge in [-0.05, 0) is 33.4 Å². The predicted octanol–water partition coefficient (Wildman–Crippen LogP) is 6.22. The first-order chi connectivity index (χ1) is 9.18. The molecule has 2 unspecified atom stereocenters. The molecule has 0 saturated carbocycles. The van der Waals surface area contributed by atoms with Crippen molar-refractivity contribution in [3.63, 3.8) is 0 Å². The average Bonchev–Trinajstić information content (AvgIpc) is 2.43. The van der Waals surface area contributed by atoms with Gasteiger partial charge in [0.25, 0.3) is 0 Å². The number of hydrogen-bond donors (Lipinski definition) is 0. The van der Waals surface area contributed by atoms with Crippen LogP contribution in [0.15, 0.2) is 42.5 Å². The number of hydrogen-bond acceptors (Lipinski definition) is 0. The third kappa shape index (κ3) is 1.48. The summed E-state index contributed by atoms with van der Waals surface area (Å²) in [4.78, 5) is 0. The van der Waals surface area contributed by atoms with Crippen molar-refractivity contribution < 1.29 is 0 Å². The lowest BCUT2D eigenvalue weighted by molar-refractivity contribution is 0.888. The van der Waals surface area contributed by atoms with Crippen LogP contribution in [-0.4, -0.2) is 0 Å². The van der Waals surface area contributed by atoms with E-state index in [4.69, 9.17) is 34.8 Å². The van der Waals surface area contributed by atoms with Crippen LogP contribution in [0.5, 0.6) is 0 Å². The Hall–Kier alpha value is -0.950. The molecule has 0 saturated heterocycles. The van der Waals surface area contributed by atoms with Gasteiger partial charge in [-0.25, -0.2) is 0 Å². The second-order valence-corrected chi connectivity index (χ2v) is 6.22. The molecule has 0 spiro atoms. The van der Waals surface area contributed by atoms with E-state index in [9.17, 15) is 0 Å². The predicted molar refractivity (Wildman–Crippen MR) is 83.7 cm³/mol. The molecule has 94 valence electrons. The van der Waals surface area contributed by atoms with E-state index in [2.05, 4.69) is 12.1 Å². The molecule has 0 aromatic heterocycles. The quantitative estimate of drug-likeness (QED) is 0.341. The largest absolute Gasteiger partial charge is 0.116 e. The third-order valence-electron chi connectivity index (χ3n) is 3.87. The topological polar surface area (TPSA) is 0 Å². The monoisotopic (exact) mass is 306 g/mol. The van der Waals surface area contributed by atoms with Crippen LogP contribution in [-0.2, 0) is 0 Å². The van der Waals surface area contributed by atoms with Gasteiger partial charge in [0.1, 0.15) is 0 Å². The molecule has 0 nitrogen and oxygen atoms in total. The molecule has 19 heavy (non-hydrogen) atoms. The fourth-order valence-corrected chi connectivity index (χ4v) is 3.95. The first kappa shape index (κ1) is 11.8. The standard InChI is InChI=1S/C16H9Cl3/c17-12-7-8-3-1-5-10-13(8)14-9(12)4-2-6-11(14)16(19)15(10)18/h1-7,15-16H. The van der Waals surface area contributed by atoms with Crippen LogP contribution in [0, 0.1) is 0 Å². The van der Waals surface area contributed by atoms with Gasteiger partial charge >= 0.3 is 0 Å². The Morgan fingerprint density at radius 2 is 1.42 bits per heavy atom. The van der Waals surface area contributed by atoms with E-state index in [1.807, 2.05) is 30.3 Å². The van der Waals surface area contributed by atoms with Crippen molar-refractivity contribution in [1.29, 1.82) is 0 Å². The molecule has 0 N–H and O–H groups in total. The third-order valence-corrected chi connectivity index (χ3v) is 5.28. The molecule has 0 amide bonds. The summed E-state index contributed by atoms with van der Waals surface area (Å²) in [6.07, 6.45) is 0. The number of rotatable bonds is 0. The lowest BCUT2D eigenvalue weighted by Gasteiger charge is -2.27. The van der Waals surface area contributed by atoms with Crippen molar-refractivity contribution in [1.82, 2.24) is 0 Å². The van der Waals surface area contributed by atoms with Gasteiger partial charge in [0, 0.05) is 10.4 Å². The summed E-state index contributed by atoms with van der Waals surface area (Å²) in [7, 11) is 0. The smallest absolute Gasteiger partial charge is 0.0796 e. The van der Waals surface area contributed by atoms with E-state index in [1.54, 1.807) is 0 Å². The van der Waals surface area contributed by atoms with E-state index in [0.717, 1.165) is 32.3 Å². The highest BCUT2D eigenvalue weighted by Crippen LogP contribution is 2.51. The maximum atomic E-state index is 6.53. The molecule has 0 fully saturated rings. The highest BCUT2D eigenvalue weighted by molar-refractivity contribution is 6.39. The summed E-state index contributed by atoms with van der Waals surface area (Å²) in [5.41, 5.74) is 2.17. The van der Waals surface area contributed by atoms with Crippen LogP contribution < -0.4 is 0 Å². The zero-order valence-electron chi connectivity index (χ0n) is 9.83. The first-order valence-electron chi connectivity index (χ1n) is 6.10. The maximum absolute atomic E-state index is 6.53. The molecule has 1 aliphatic carbocycles. The minimum Gasteiger partial charge on any atom is -0.116 e. The van der Waals surface area contributed by atoms with Gasteiger partial charge in [0.05, 0.1) is 10.8 Å². The van der Waals surface area contributed by atoms with Gasteiger partial charge in [-0.15, -0.1) is 23.2 Å². The van der Waals surface area contributed by atoms with Gasteiger partial charge in [0.15, 0.2) is 0 Å². The van der Waals surface area contributed by atoms with E-state index in [0.29, 0.717) is 0 Å². The Balaban J connectivity index is 2.38. The summed E-state index contributed by atoms with van der Waals surface area (Å²) < 4.78 is 0. The van der Waals surface area contributed by atoms with Gasteiger partial charge in [0.2, 0.25) is 0 Å². The van der Waals surface area contributed by atoms with E-state index < -0.39 is 0 Å². The van der Waals surface area contributed by atoms with E-state index in [-0.39, 0.29) is 10.8 Å².